The molecule has 0 spiro atoms. The molecule has 0 saturated heterocycles. The number of rotatable bonds is 4. The van der Waals surface area contributed by atoms with Crippen LogP contribution in [-0.4, -0.2) is 17.2 Å². The highest BCUT2D eigenvalue weighted by atomic mass is 16.4. The van der Waals surface area contributed by atoms with Crippen molar-refractivity contribution < 1.29 is 10.0 Å². The van der Waals surface area contributed by atoms with Crippen LogP contribution < -0.4 is 4.90 Å². The molecule has 0 unspecified atom stereocenters. The first-order valence-corrected chi connectivity index (χ1v) is 8.82. The fraction of sp³-hybridized carbons (Fsp3) is 0.0909. The normalized spacial score (nSPS) is 13.9. The van der Waals surface area contributed by atoms with Crippen molar-refractivity contribution in [2.24, 2.45) is 0 Å². The number of fused-ring (bicyclic) bond motifs is 1. The highest BCUT2D eigenvalue weighted by Crippen LogP contribution is 2.35. The molecule has 0 radical (unpaired) electrons. The predicted molar refractivity (Wildman–Crippen MR) is 108 cm³/mol. The van der Waals surface area contributed by atoms with Crippen LogP contribution in [0.25, 0.3) is 10.8 Å². The molecule has 1 aliphatic rings. The third-order valence-corrected chi connectivity index (χ3v) is 4.78. The third-order valence-electron chi connectivity index (χ3n) is 4.78. The maximum Gasteiger partial charge on any atom is 0.484 e. The van der Waals surface area contributed by atoms with Crippen LogP contribution in [-0.2, 0) is 0 Å². The van der Waals surface area contributed by atoms with Crippen molar-refractivity contribution in [1.29, 1.82) is 0 Å². The SMILES string of the molecule is OB(O)C1=CC=C(N(c2ccccc2)c2ccc3ccccc3c2)CC1. The zero-order chi connectivity index (χ0) is 17.9. The zero-order valence-electron chi connectivity index (χ0n) is 14.4. The van der Waals surface area contributed by atoms with Gasteiger partial charge in [-0.3, -0.25) is 0 Å². The van der Waals surface area contributed by atoms with E-state index in [1.165, 1.54) is 10.8 Å². The molecule has 0 aliphatic heterocycles. The Balaban J connectivity index is 1.81. The fourth-order valence-electron chi connectivity index (χ4n) is 3.42. The first-order valence-electron chi connectivity index (χ1n) is 8.82. The molecule has 26 heavy (non-hydrogen) atoms. The summed E-state index contributed by atoms with van der Waals surface area (Å²) in [6.07, 6.45) is 5.20. The minimum absolute atomic E-state index is 0.639. The van der Waals surface area contributed by atoms with E-state index in [1.807, 2.05) is 36.4 Å². The summed E-state index contributed by atoms with van der Waals surface area (Å²) < 4.78 is 0. The molecule has 0 bridgehead atoms. The maximum atomic E-state index is 9.40. The van der Waals surface area contributed by atoms with Crippen molar-refractivity contribution in [3.8, 4) is 0 Å². The first kappa shape index (κ1) is 16.6. The highest BCUT2D eigenvalue weighted by Gasteiger charge is 2.21. The van der Waals surface area contributed by atoms with E-state index in [0.29, 0.717) is 11.9 Å². The van der Waals surface area contributed by atoms with Crippen molar-refractivity contribution in [3.63, 3.8) is 0 Å². The molecule has 0 amide bonds. The summed E-state index contributed by atoms with van der Waals surface area (Å²) in [5, 5.41) is 21.2. The van der Waals surface area contributed by atoms with Crippen molar-refractivity contribution in [1.82, 2.24) is 0 Å². The van der Waals surface area contributed by atoms with Gasteiger partial charge in [0.25, 0.3) is 0 Å². The minimum Gasteiger partial charge on any atom is -0.423 e. The van der Waals surface area contributed by atoms with Gasteiger partial charge in [-0.1, -0.05) is 54.6 Å². The summed E-state index contributed by atoms with van der Waals surface area (Å²) in [5.74, 6) is 0. The van der Waals surface area contributed by atoms with Crippen LogP contribution in [0.4, 0.5) is 11.4 Å². The largest absolute Gasteiger partial charge is 0.484 e. The Kier molecular flexibility index (Phi) is 4.61. The molecular weight excluding hydrogens is 321 g/mol. The van der Waals surface area contributed by atoms with Crippen molar-refractivity contribution in [3.05, 3.63) is 96.1 Å². The van der Waals surface area contributed by atoms with Crippen molar-refractivity contribution in [2.45, 2.75) is 12.8 Å². The molecule has 2 N–H and O–H groups in total. The standard InChI is InChI=1S/C22H20BNO2/c25-23(26)19-11-14-21(15-12-19)24(20-8-2-1-3-9-20)22-13-10-17-6-4-5-7-18(17)16-22/h1-11,13-14,16,25-26H,12,15H2. The second kappa shape index (κ2) is 7.20. The molecule has 4 heteroatoms. The van der Waals surface area contributed by atoms with Gasteiger partial charge in [0.1, 0.15) is 0 Å². The second-order valence-electron chi connectivity index (χ2n) is 6.48. The molecule has 0 atom stereocenters. The van der Waals surface area contributed by atoms with E-state index in [-0.39, 0.29) is 0 Å². The quantitative estimate of drug-likeness (QED) is 0.682. The van der Waals surface area contributed by atoms with Crippen LogP contribution in [0.15, 0.2) is 96.1 Å². The summed E-state index contributed by atoms with van der Waals surface area (Å²) >= 11 is 0. The molecule has 0 aromatic heterocycles. The summed E-state index contributed by atoms with van der Waals surface area (Å²) in [6.45, 7) is 0. The second-order valence-corrected chi connectivity index (χ2v) is 6.48. The Labute approximate surface area is 153 Å². The van der Waals surface area contributed by atoms with Gasteiger partial charge in [-0.25, -0.2) is 0 Å². The number of hydrogen-bond donors (Lipinski definition) is 2. The number of benzene rings is 3. The molecule has 3 aromatic rings. The van der Waals surface area contributed by atoms with Crippen LogP contribution in [0, 0.1) is 0 Å². The van der Waals surface area contributed by atoms with Gasteiger partial charge >= 0.3 is 7.12 Å². The summed E-state index contributed by atoms with van der Waals surface area (Å²) in [6, 6.07) is 25.1. The van der Waals surface area contributed by atoms with Gasteiger partial charge in [0.2, 0.25) is 0 Å². The van der Waals surface area contributed by atoms with E-state index in [1.54, 1.807) is 0 Å². The van der Waals surface area contributed by atoms with E-state index in [0.717, 1.165) is 23.5 Å². The monoisotopic (exact) mass is 341 g/mol. The van der Waals surface area contributed by atoms with E-state index in [9.17, 15) is 10.0 Å². The maximum absolute atomic E-state index is 9.40. The number of allylic oxidation sites excluding steroid dienone is 4. The van der Waals surface area contributed by atoms with Crippen LogP contribution in [0.1, 0.15) is 12.8 Å². The number of anilines is 2. The van der Waals surface area contributed by atoms with E-state index < -0.39 is 7.12 Å². The van der Waals surface area contributed by atoms with Gasteiger partial charge in [-0.15, -0.1) is 0 Å². The van der Waals surface area contributed by atoms with Gasteiger partial charge in [-0.2, -0.15) is 0 Å². The van der Waals surface area contributed by atoms with E-state index >= 15 is 0 Å². The van der Waals surface area contributed by atoms with Gasteiger partial charge in [-0.05, 0) is 59.4 Å². The Hall–Kier alpha value is -2.82. The molecule has 4 rings (SSSR count). The van der Waals surface area contributed by atoms with Crippen LogP contribution in [0.3, 0.4) is 0 Å². The average molecular weight is 341 g/mol. The van der Waals surface area contributed by atoms with Gasteiger partial charge in [0.05, 0.1) is 0 Å². The van der Waals surface area contributed by atoms with Crippen molar-refractivity contribution in [2.75, 3.05) is 4.90 Å². The third kappa shape index (κ3) is 3.29. The summed E-state index contributed by atoms with van der Waals surface area (Å²) in [4.78, 5) is 2.24. The Morgan fingerprint density at radius 3 is 2.12 bits per heavy atom. The van der Waals surface area contributed by atoms with Crippen LogP contribution in [0.5, 0.6) is 0 Å². The van der Waals surface area contributed by atoms with Crippen LogP contribution >= 0.6 is 0 Å². The molecule has 0 saturated carbocycles. The molecule has 3 aromatic carbocycles. The lowest BCUT2D eigenvalue weighted by Crippen LogP contribution is -2.22. The molecule has 0 fully saturated rings. The molecule has 1 aliphatic carbocycles. The summed E-state index contributed by atoms with van der Waals surface area (Å²) in [5.41, 5.74) is 3.98. The lowest BCUT2D eigenvalue weighted by Gasteiger charge is -2.30. The van der Waals surface area contributed by atoms with Crippen LogP contribution in [0.2, 0.25) is 0 Å². The Morgan fingerprint density at radius 2 is 1.42 bits per heavy atom. The van der Waals surface area contributed by atoms with Gasteiger partial charge in [0, 0.05) is 17.1 Å². The highest BCUT2D eigenvalue weighted by molar-refractivity contribution is 6.50. The predicted octanol–water partition coefficient (Wildman–Crippen LogP) is 4.59. The van der Waals surface area contributed by atoms with Gasteiger partial charge < -0.3 is 14.9 Å². The topological polar surface area (TPSA) is 43.7 Å². The molecular formula is C22H20BNO2. The number of para-hydroxylation sites is 1. The Morgan fingerprint density at radius 1 is 0.692 bits per heavy atom. The average Bonchev–Trinajstić information content (AvgIpc) is 2.69. The molecule has 3 nitrogen and oxygen atoms in total. The smallest absolute Gasteiger partial charge is 0.423 e. The first-order chi connectivity index (χ1) is 12.7. The zero-order valence-corrected chi connectivity index (χ0v) is 14.4. The Bertz CT molecular complexity index is 980. The fourth-order valence-corrected chi connectivity index (χ4v) is 3.42. The molecule has 0 heterocycles. The van der Waals surface area contributed by atoms with Gasteiger partial charge in [0.15, 0.2) is 0 Å². The summed E-state index contributed by atoms with van der Waals surface area (Å²) in [7, 11) is -1.38. The molecule has 128 valence electrons. The number of nitrogens with zero attached hydrogens (tertiary/aromatic N) is 1. The number of hydrogen-bond acceptors (Lipinski definition) is 3. The lowest BCUT2D eigenvalue weighted by molar-refractivity contribution is 0.416. The van der Waals surface area contributed by atoms with E-state index in [2.05, 4.69) is 53.4 Å². The lowest BCUT2D eigenvalue weighted by atomic mass is 9.74. The minimum atomic E-state index is -1.38. The van der Waals surface area contributed by atoms with E-state index in [4.69, 9.17) is 0 Å². The van der Waals surface area contributed by atoms with Crippen molar-refractivity contribution >= 4 is 29.3 Å².